The number of benzene rings is 1. The number of piperidine rings is 1. The molecule has 0 radical (unpaired) electrons. The lowest BCUT2D eigenvalue weighted by atomic mass is 9.89. The number of methoxy groups -OCH3 is 2. The topological polar surface area (TPSA) is 39.5 Å². The third kappa shape index (κ3) is 3.89. The summed E-state index contributed by atoms with van der Waals surface area (Å²) >= 11 is 0. The molecular weight excluding hydrogens is 264 g/mol. The third-order valence-electron chi connectivity index (χ3n) is 4.95. The van der Waals surface area contributed by atoms with Gasteiger partial charge in [-0.1, -0.05) is 6.92 Å². The first kappa shape index (κ1) is 16.1. The summed E-state index contributed by atoms with van der Waals surface area (Å²) in [7, 11) is 5.67. The van der Waals surface area contributed by atoms with E-state index < -0.39 is 0 Å². The Balaban J connectivity index is 1.96. The molecule has 2 rings (SSSR count). The second-order valence-corrected chi connectivity index (χ2v) is 6.46. The second-order valence-electron chi connectivity index (χ2n) is 6.46. The van der Waals surface area contributed by atoms with Crippen LogP contribution in [0.2, 0.25) is 0 Å². The molecule has 1 fully saturated rings. The van der Waals surface area contributed by atoms with Gasteiger partial charge in [-0.25, -0.2) is 0 Å². The molecule has 21 heavy (non-hydrogen) atoms. The van der Waals surface area contributed by atoms with Crippen molar-refractivity contribution in [3.63, 3.8) is 0 Å². The highest BCUT2D eigenvalue weighted by atomic mass is 16.5. The van der Waals surface area contributed by atoms with Crippen molar-refractivity contribution in [2.75, 3.05) is 27.8 Å². The molecular formula is C17H30N2O2+2. The van der Waals surface area contributed by atoms with E-state index in [2.05, 4.69) is 38.3 Å². The van der Waals surface area contributed by atoms with Gasteiger partial charge in [0, 0.05) is 5.56 Å². The second kappa shape index (κ2) is 7.14. The van der Waals surface area contributed by atoms with Crippen LogP contribution in [0.3, 0.4) is 0 Å². The van der Waals surface area contributed by atoms with Gasteiger partial charge in [0.05, 0.1) is 52.2 Å². The SMILES string of the molecule is COc1ccc(C[NH2+][C@@H]2C[C@H](C)[NH+](C)C[C@H]2C)cc1OC. The van der Waals surface area contributed by atoms with Gasteiger partial charge in [0.25, 0.3) is 0 Å². The number of hydrogen-bond acceptors (Lipinski definition) is 2. The van der Waals surface area contributed by atoms with Crippen LogP contribution in [0.1, 0.15) is 25.8 Å². The zero-order chi connectivity index (χ0) is 15.4. The Morgan fingerprint density at radius 3 is 2.57 bits per heavy atom. The van der Waals surface area contributed by atoms with Crippen molar-refractivity contribution in [3.8, 4) is 11.5 Å². The summed E-state index contributed by atoms with van der Waals surface area (Å²) in [5.41, 5.74) is 1.29. The van der Waals surface area contributed by atoms with E-state index in [9.17, 15) is 0 Å². The largest absolute Gasteiger partial charge is 0.493 e. The number of quaternary nitrogens is 2. The Hall–Kier alpha value is -1.26. The number of ether oxygens (including phenoxy) is 2. The van der Waals surface area contributed by atoms with E-state index in [0.29, 0.717) is 0 Å². The highest BCUT2D eigenvalue weighted by Gasteiger charge is 2.34. The van der Waals surface area contributed by atoms with Crippen molar-refractivity contribution >= 4 is 0 Å². The molecule has 3 N–H and O–H groups in total. The van der Waals surface area contributed by atoms with Crippen molar-refractivity contribution in [1.82, 2.24) is 0 Å². The van der Waals surface area contributed by atoms with Crippen LogP contribution in [-0.2, 0) is 6.54 Å². The number of nitrogens with one attached hydrogen (secondary N) is 1. The molecule has 0 aromatic heterocycles. The zero-order valence-electron chi connectivity index (χ0n) is 14.0. The van der Waals surface area contributed by atoms with E-state index in [-0.39, 0.29) is 0 Å². The van der Waals surface area contributed by atoms with Crippen LogP contribution in [0.4, 0.5) is 0 Å². The van der Waals surface area contributed by atoms with Crippen LogP contribution in [0, 0.1) is 5.92 Å². The lowest BCUT2D eigenvalue weighted by Crippen LogP contribution is -3.16. The molecule has 0 amide bonds. The summed E-state index contributed by atoms with van der Waals surface area (Å²) in [5, 5.41) is 2.49. The molecule has 1 aliphatic rings. The maximum Gasteiger partial charge on any atom is 0.161 e. The van der Waals surface area contributed by atoms with Gasteiger partial charge in [0.1, 0.15) is 6.54 Å². The lowest BCUT2D eigenvalue weighted by molar-refractivity contribution is -0.923. The van der Waals surface area contributed by atoms with Gasteiger partial charge in [0.15, 0.2) is 11.5 Å². The summed E-state index contributed by atoms with van der Waals surface area (Å²) in [4.78, 5) is 1.67. The van der Waals surface area contributed by atoms with Crippen LogP contribution in [0.5, 0.6) is 11.5 Å². The molecule has 1 unspecified atom stereocenters. The maximum absolute atomic E-state index is 5.38. The minimum Gasteiger partial charge on any atom is -0.493 e. The normalized spacial score (nSPS) is 29.2. The zero-order valence-corrected chi connectivity index (χ0v) is 14.0. The standard InChI is InChI=1S/C17H28N2O2/c1-12-11-19(3)13(2)8-15(12)18-10-14-6-7-16(20-4)17(9-14)21-5/h6-7,9,12-13,15,18H,8,10-11H2,1-5H3/p+2/t12-,13+,15-/m1/s1. The molecule has 1 aliphatic heterocycles. The van der Waals surface area contributed by atoms with Gasteiger partial charge < -0.3 is 19.7 Å². The molecule has 1 aromatic carbocycles. The van der Waals surface area contributed by atoms with Crippen molar-refractivity contribution in [3.05, 3.63) is 23.8 Å². The minimum absolute atomic E-state index is 0.719. The summed E-state index contributed by atoms with van der Waals surface area (Å²) < 4.78 is 10.7. The molecule has 1 saturated heterocycles. The Morgan fingerprint density at radius 2 is 1.90 bits per heavy atom. The number of hydrogen-bond donors (Lipinski definition) is 2. The Kier molecular flexibility index (Phi) is 5.48. The Bertz CT molecular complexity index is 464. The first-order valence-corrected chi connectivity index (χ1v) is 7.91. The van der Waals surface area contributed by atoms with Crippen molar-refractivity contribution in [2.24, 2.45) is 5.92 Å². The maximum atomic E-state index is 5.38. The van der Waals surface area contributed by atoms with Crippen LogP contribution in [0.25, 0.3) is 0 Å². The van der Waals surface area contributed by atoms with E-state index in [0.717, 1.165) is 36.0 Å². The highest BCUT2D eigenvalue weighted by molar-refractivity contribution is 5.42. The van der Waals surface area contributed by atoms with E-state index in [1.807, 2.05) is 6.07 Å². The third-order valence-corrected chi connectivity index (χ3v) is 4.95. The lowest BCUT2D eigenvalue weighted by Gasteiger charge is -2.35. The quantitative estimate of drug-likeness (QED) is 0.807. The highest BCUT2D eigenvalue weighted by Crippen LogP contribution is 2.27. The molecule has 1 heterocycles. The van der Waals surface area contributed by atoms with Gasteiger partial charge in [0.2, 0.25) is 0 Å². The van der Waals surface area contributed by atoms with E-state index in [4.69, 9.17) is 9.47 Å². The van der Waals surface area contributed by atoms with E-state index in [1.54, 1.807) is 19.1 Å². The molecule has 0 saturated carbocycles. The van der Waals surface area contributed by atoms with Crippen LogP contribution in [0.15, 0.2) is 18.2 Å². The smallest absolute Gasteiger partial charge is 0.161 e. The summed E-state index contributed by atoms with van der Waals surface area (Å²) in [6, 6.07) is 7.69. The molecule has 0 spiro atoms. The van der Waals surface area contributed by atoms with Gasteiger partial charge in [-0.3, -0.25) is 0 Å². The van der Waals surface area contributed by atoms with Crippen LogP contribution >= 0.6 is 0 Å². The summed E-state index contributed by atoms with van der Waals surface area (Å²) in [6.45, 7) is 7.01. The van der Waals surface area contributed by atoms with Gasteiger partial charge in [-0.15, -0.1) is 0 Å². The van der Waals surface area contributed by atoms with E-state index in [1.165, 1.54) is 18.5 Å². The fourth-order valence-corrected chi connectivity index (χ4v) is 3.33. The van der Waals surface area contributed by atoms with Gasteiger partial charge in [-0.2, -0.15) is 0 Å². The Labute approximate surface area is 128 Å². The van der Waals surface area contributed by atoms with Crippen molar-refractivity contribution < 1.29 is 19.7 Å². The number of likely N-dealkylation sites (tertiary alicyclic amines) is 1. The fraction of sp³-hybridized carbons (Fsp3) is 0.647. The molecule has 1 aromatic rings. The molecule has 0 bridgehead atoms. The summed E-state index contributed by atoms with van der Waals surface area (Å²) in [5.74, 6) is 2.38. The molecule has 0 aliphatic carbocycles. The van der Waals surface area contributed by atoms with Gasteiger partial charge >= 0.3 is 0 Å². The van der Waals surface area contributed by atoms with Crippen LogP contribution in [-0.4, -0.2) is 39.9 Å². The van der Waals surface area contributed by atoms with Gasteiger partial charge in [-0.05, 0) is 25.1 Å². The van der Waals surface area contributed by atoms with Crippen molar-refractivity contribution in [1.29, 1.82) is 0 Å². The van der Waals surface area contributed by atoms with Crippen LogP contribution < -0.4 is 19.7 Å². The molecule has 4 nitrogen and oxygen atoms in total. The first-order valence-electron chi connectivity index (χ1n) is 7.91. The summed E-state index contributed by atoms with van der Waals surface area (Å²) in [6.07, 6.45) is 1.29. The molecule has 118 valence electrons. The molecule has 4 heteroatoms. The van der Waals surface area contributed by atoms with E-state index >= 15 is 0 Å². The monoisotopic (exact) mass is 294 g/mol. The predicted octanol–water partition coefficient (Wildman–Crippen LogP) is 0.0788. The average Bonchev–Trinajstić information content (AvgIpc) is 2.49. The fourth-order valence-electron chi connectivity index (χ4n) is 3.33. The predicted molar refractivity (Wildman–Crippen MR) is 84.0 cm³/mol. The average molecular weight is 294 g/mol. The minimum atomic E-state index is 0.719. The first-order chi connectivity index (χ1) is 10.0. The number of nitrogens with two attached hydrogens (primary N) is 1. The van der Waals surface area contributed by atoms with Crippen molar-refractivity contribution in [2.45, 2.75) is 38.9 Å². The number of rotatable bonds is 5. The molecule has 4 atom stereocenters. The Morgan fingerprint density at radius 1 is 1.19 bits per heavy atom.